The van der Waals surface area contributed by atoms with E-state index in [0.717, 1.165) is 11.3 Å². The van der Waals surface area contributed by atoms with Crippen LogP contribution in [-0.2, 0) is 15.0 Å². The summed E-state index contributed by atoms with van der Waals surface area (Å²) in [5.74, 6) is 0.253. The summed E-state index contributed by atoms with van der Waals surface area (Å²) in [4.78, 5) is 29.7. The van der Waals surface area contributed by atoms with Gasteiger partial charge in [0.25, 0.3) is 0 Å². The molecule has 136 valence electrons. The number of piperidine rings is 1. The summed E-state index contributed by atoms with van der Waals surface area (Å²) in [6, 6.07) is 9.60. The molecule has 26 heavy (non-hydrogen) atoms. The number of aromatic nitrogens is 2. The van der Waals surface area contributed by atoms with Crippen LogP contribution in [0.3, 0.4) is 0 Å². The van der Waals surface area contributed by atoms with Gasteiger partial charge in [0.2, 0.25) is 11.8 Å². The van der Waals surface area contributed by atoms with Gasteiger partial charge in [0.15, 0.2) is 0 Å². The number of likely N-dealkylation sites (tertiary alicyclic amines) is 1. The van der Waals surface area contributed by atoms with E-state index < -0.39 is 5.41 Å². The Bertz CT molecular complexity index is 822. The first kappa shape index (κ1) is 16.8. The van der Waals surface area contributed by atoms with Crippen molar-refractivity contribution in [1.29, 1.82) is 0 Å². The number of hydrogen-bond acceptors (Lipinski definition) is 3. The van der Waals surface area contributed by atoms with Crippen LogP contribution in [0.15, 0.2) is 42.7 Å². The number of anilines is 1. The maximum atomic E-state index is 13.0. The molecule has 1 saturated heterocycles. The molecule has 0 saturated carbocycles. The lowest BCUT2D eigenvalue weighted by Crippen LogP contribution is -2.51. The molecular weight excluding hydrogens is 328 g/mol. The van der Waals surface area contributed by atoms with Crippen molar-refractivity contribution in [3.8, 4) is 0 Å². The van der Waals surface area contributed by atoms with Crippen LogP contribution in [-0.4, -0.2) is 46.6 Å². The molecule has 0 bridgehead atoms. The van der Waals surface area contributed by atoms with Crippen molar-refractivity contribution < 1.29 is 9.59 Å². The average Bonchev–Trinajstić information content (AvgIpc) is 3.27. The smallest absolute Gasteiger partial charge is 0.247 e. The number of carbonyl (C=O) groups excluding carboxylic acids is 2. The molecule has 1 fully saturated rings. The van der Waals surface area contributed by atoms with Gasteiger partial charge >= 0.3 is 0 Å². The van der Waals surface area contributed by atoms with E-state index in [9.17, 15) is 9.59 Å². The first-order valence-electron chi connectivity index (χ1n) is 9.24. The molecule has 3 heterocycles. The monoisotopic (exact) mass is 352 g/mol. The number of carbonyl (C=O) groups is 2. The molecule has 0 radical (unpaired) electrons. The minimum absolute atomic E-state index is 0.0955. The van der Waals surface area contributed by atoms with Crippen molar-refractivity contribution in [1.82, 2.24) is 14.7 Å². The van der Waals surface area contributed by atoms with Crippen molar-refractivity contribution in [2.24, 2.45) is 0 Å². The first-order valence-corrected chi connectivity index (χ1v) is 9.24. The van der Waals surface area contributed by atoms with Gasteiger partial charge in [-0.25, -0.2) is 0 Å². The highest BCUT2D eigenvalue weighted by molar-refractivity contribution is 6.08. The Labute approximate surface area is 153 Å². The van der Waals surface area contributed by atoms with Gasteiger partial charge in [0, 0.05) is 38.2 Å². The van der Waals surface area contributed by atoms with Crippen molar-refractivity contribution in [2.45, 2.75) is 37.6 Å². The molecule has 6 nitrogen and oxygen atoms in total. The van der Waals surface area contributed by atoms with E-state index in [4.69, 9.17) is 0 Å². The van der Waals surface area contributed by atoms with Crippen LogP contribution in [0.5, 0.6) is 0 Å². The number of para-hydroxylation sites is 1. The lowest BCUT2D eigenvalue weighted by Gasteiger charge is -2.39. The molecule has 4 rings (SSSR count). The average molecular weight is 352 g/mol. The Balaban J connectivity index is 1.54. The quantitative estimate of drug-likeness (QED) is 0.852. The van der Waals surface area contributed by atoms with Gasteiger partial charge in [-0.2, -0.15) is 5.10 Å². The maximum absolute atomic E-state index is 13.0. The molecule has 2 aliphatic rings. The van der Waals surface area contributed by atoms with Gasteiger partial charge < -0.3 is 9.80 Å². The summed E-state index contributed by atoms with van der Waals surface area (Å²) >= 11 is 0. The third-order valence-electron chi connectivity index (χ3n) is 5.94. The van der Waals surface area contributed by atoms with Crippen LogP contribution in [0.2, 0.25) is 0 Å². The predicted octanol–water partition coefficient (Wildman–Crippen LogP) is 2.37. The van der Waals surface area contributed by atoms with Crippen molar-refractivity contribution in [3.63, 3.8) is 0 Å². The van der Waals surface area contributed by atoms with Gasteiger partial charge in [0.1, 0.15) is 6.04 Å². The molecule has 1 atom stereocenters. The Morgan fingerprint density at radius 2 is 1.96 bits per heavy atom. The van der Waals surface area contributed by atoms with Crippen LogP contribution in [0.25, 0.3) is 0 Å². The van der Waals surface area contributed by atoms with Gasteiger partial charge in [-0.1, -0.05) is 25.1 Å². The fourth-order valence-corrected chi connectivity index (χ4v) is 4.46. The fraction of sp³-hybridized carbons (Fsp3) is 0.450. The Hall–Kier alpha value is -2.63. The minimum atomic E-state index is -0.477. The van der Waals surface area contributed by atoms with Gasteiger partial charge in [-0.15, -0.1) is 0 Å². The lowest BCUT2D eigenvalue weighted by molar-refractivity contribution is -0.139. The Morgan fingerprint density at radius 3 is 2.62 bits per heavy atom. The summed E-state index contributed by atoms with van der Waals surface area (Å²) in [5, 5.41) is 4.23. The summed E-state index contributed by atoms with van der Waals surface area (Å²) in [6.45, 7) is 3.20. The minimum Gasteiger partial charge on any atom is -0.341 e. The van der Waals surface area contributed by atoms with E-state index in [1.165, 1.54) is 0 Å². The van der Waals surface area contributed by atoms with Crippen LogP contribution in [0, 0.1) is 0 Å². The van der Waals surface area contributed by atoms with Crippen molar-refractivity contribution in [2.75, 3.05) is 25.0 Å². The molecule has 2 aromatic rings. The zero-order valence-electron chi connectivity index (χ0n) is 15.3. The third-order valence-corrected chi connectivity index (χ3v) is 5.94. The van der Waals surface area contributed by atoms with E-state index in [-0.39, 0.29) is 17.9 Å². The van der Waals surface area contributed by atoms with E-state index in [1.54, 1.807) is 15.8 Å². The fourth-order valence-electron chi connectivity index (χ4n) is 4.46. The van der Waals surface area contributed by atoms with E-state index in [2.05, 4.69) is 11.2 Å². The third kappa shape index (κ3) is 2.35. The number of amides is 2. The van der Waals surface area contributed by atoms with Gasteiger partial charge in [-0.05, 0) is 37.0 Å². The van der Waals surface area contributed by atoms with Crippen LogP contribution in [0.1, 0.15) is 37.8 Å². The zero-order valence-corrected chi connectivity index (χ0v) is 15.3. The SMILES string of the molecule is CC[C@H](C(=O)N1CCC2(CC1)C(=O)N(C)c1ccccc12)n1cccn1. The summed E-state index contributed by atoms with van der Waals surface area (Å²) in [7, 11) is 1.85. The summed E-state index contributed by atoms with van der Waals surface area (Å²) < 4.78 is 1.73. The Kier molecular flexibility index (Phi) is 4.05. The molecule has 1 aromatic carbocycles. The molecule has 1 spiro atoms. The van der Waals surface area contributed by atoms with E-state index in [1.807, 2.05) is 49.3 Å². The number of nitrogens with zero attached hydrogens (tertiary/aromatic N) is 4. The van der Waals surface area contributed by atoms with Crippen molar-refractivity contribution in [3.05, 3.63) is 48.3 Å². The van der Waals surface area contributed by atoms with Gasteiger partial charge in [0.05, 0.1) is 5.41 Å². The molecule has 2 aliphatic heterocycles. The predicted molar refractivity (Wildman–Crippen MR) is 98.9 cm³/mol. The normalized spacial score (nSPS) is 19.7. The zero-order chi connectivity index (χ0) is 18.3. The number of rotatable bonds is 3. The van der Waals surface area contributed by atoms with Crippen LogP contribution >= 0.6 is 0 Å². The molecule has 0 N–H and O–H groups in total. The van der Waals surface area contributed by atoms with Crippen molar-refractivity contribution >= 4 is 17.5 Å². The highest BCUT2D eigenvalue weighted by atomic mass is 16.2. The number of likely N-dealkylation sites (N-methyl/N-ethyl adjacent to an activating group) is 1. The molecule has 2 amide bonds. The second-order valence-electron chi connectivity index (χ2n) is 7.20. The summed E-state index contributed by atoms with van der Waals surface area (Å²) in [5.41, 5.74) is 1.63. The highest BCUT2D eigenvalue weighted by Gasteiger charge is 2.51. The second kappa shape index (κ2) is 6.27. The largest absolute Gasteiger partial charge is 0.341 e. The number of hydrogen-bond donors (Lipinski definition) is 0. The maximum Gasteiger partial charge on any atom is 0.247 e. The molecule has 6 heteroatoms. The van der Waals surface area contributed by atoms with E-state index in [0.29, 0.717) is 32.4 Å². The van der Waals surface area contributed by atoms with Crippen LogP contribution < -0.4 is 4.90 Å². The highest BCUT2D eigenvalue weighted by Crippen LogP contribution is 2.47. The van der Waals surface area contributed by atoms with E-state index >= 15 is 0 Å². The molecular formula is C20H24N4O2. The number of benzene rings is 1. The molecule has 1 aromatic heterocycles. The lowest BCUT2D eigenvalue weighted by atomic mass is 9.73. The Morgan fingerprint density at radius 1 is 1.23 bits per heavy atom. The molecule has 0 aliphatic carbocycles. The van der Waals surface area contributed by atoms with Gasteiger partial charge in [-0.3, -0.25) is 14.3 Å². The standard InChI is InChI=1S/C20H24N4O2/c1-3-16(24-12-6-11-21-24)18(25)23-13-9-20(10-14-23)15-7-4-5-8-17(15)22(2)19(20)26/h4-8,11-12,16H,3,9-10,13-14H2,1-2H3/t16-/m1/s1. The first-order chi connectivity index (χ1) is 12.6. The topological polar surface area (TPSA) is 58.4 Å². The number of fused-ring (bicyclic) bond motifs is 2. The second-order valence-corrected chi connectivity index (χ2v) is 7.20. The summed E-state index contributed by atoms with van der Waals surface area (Å²) in [6.07, 6.45) is 5.59. The molecule has 0 unspecified atom stereocenters. The van der Waals surface area contributed by atoms with Crippen LogP contribution in [0.4, 0.5) is 5.69 Å².